The minimum absolute atomic E-state index is 0.0153. The van der Waals surface area contributed by atoms with E-state index in [1.807, 2.05) is 39.0 Å². The standard InChI is InChI=1S/C22H35N3O3/c1-15(2)13-25-9-10-28-19(14-25)12-23-22(27)20(16(3)4)24-21(26)18-8-6-7-17(5)11-18/h6-8,11,15-16,19-20H,9-10,12-14H2,1-5H3,(H,23,27)(H,24,26). The zero-order valence-electron chi connectivity index (χ0n) is 17.8. The molecule has 2 amide bonds. The Bertz CT molecular complexity index is 660. The van der Waals surface area contributed by atoms with Gasteiger partial charge in [0.1, 0.15) is 6.04 Å². The molecular formula is C22H35N3O3. The summed E-state index contributed by atoms with van der Waals surface area (Å²) in [4.78, 5) is 27.7. The minimum atomic E-state index is -0.580. The summed E-state index contributed by atoms with van der Waals surface area (Å²) in [5.41, 5.74) is 1.58. The fraction of sp³-hybridized carbons (Fsp3) is 0.636. The number of carbonyl (C=O) groups is 2. The molecule has 2 unspecified atom stereocenters. The van der Waals surface area contributed by atoms with Crippen LogP contribution in [0.15, 0.2) is 24.3 Å². The van der Waals surface area contributed by atoms with Crippen LogP contribution in [0.5, 0.6) is 0 Å². The van der Waals surface area contributed by atoms with Crippen molar-refractivity contribution < 1.29 is 14.3 Å². The Kier molecular flexibility index (Phi) is 8.45. The number of rotatable bonds is 8. The van der Waals surface area contributed by atoms with E-state index in [9.17, 15) is 9.59 Å². The van der Waals surface area contributed by atoms with Crippen molar-refractivity contribution >= 4 is 11.8 Å². The molecule has 1 saturated heterocycles. The Morgan fingerprint density at radius 2 is 2.00 bits per heavy atom. The number of benzene rings is 1. The number of morpholine rings is 1. The Morgan fingerprint density at radius 1 is 1.25 bits per heavy atom. The molecule has 0 radical (unpaired) electrons. The van der Waals surface area contributed by atoms with Crippen LogP contribution in [-0.4, -0.2) is 61.6 Å². The lowest BCUT2D eigenvalue weighted by Crippen LogP contribution is -2.53. The number of nitrogens with one attached hydrogen (secondary N) is 2. The zero-order valence-corrected chi connectivity index (χ0v) is 17.8. The zero-order chi connectivity index (χ0) is 20.7. The SMILES string of the molecule is Cc1cccc(C(=O)NC(C(=O)NCC2CN(CC(C)C)CCO2)C(C)C)c1. The van der Waals surface area contributed by atoms with Crippen LogP contribution < -0.4 is 10.6 Å². The molecule has 6 heteroatoms. The first-order valence-electron chi connectivity index (χ1n) is 10.3. The van der Waals surface area contributed by atoms with Gasteiger partial charge in [-0.05, 0) is 30.9 Å². The smallest absolute Gasteiger partial charge is 0.251 e. The van der Waals surface area contributed by atoms with Gasteiger partial charge >= 0.3 is 0 Å². The summed E-state index contributed by atoms with van der Waals surface area (Å²) in [6.45, 7) is 14.1. The molecule has 156 valence electrons. The van der Waals surface area contributed by atoms with Crippen molar-refractivity contribution in [3.05, 3.63) is 35.4 Å². The lowest BCUT2D eigenvalue weighted by molar-refractivity contribution is -0.125. The second kappa shape index (κ2) is 10.6. The molecule has 0 saturated carbocycles. The average Bonchev–Trinajstić information content (AvgIpc) is 2.63. The van der Waals surface area contributed by atoms with Crippen LogP contribution >= 0.6 is 0 Å². The minimum Gasteiger partial charge on any atom is -0.374 e. The average molecular weight is 390 g/mol. The maximum atomic E-state index is 12.7. The third-order valence-electron chi connectivity index (χ3n) is 4.87. The van der Waals surface area contributed by atoms with Crippen molar-refractivity contribution in [2.24, 2.45) is 11.8 Å². The number of hydrogen-bond donors (Lipinski definition) is 2. The van der Waals surface area contributed by atoms with E-state index in [1.165, 1.54) is 0 Å². The van der Waals surface area contributed by atoms with Crippen molar-refractivity contribution in [1.29, 1.82) is 0 Å². The van der Waals surface area contributed by atoms with Crippen LogP contribution in [0.4, 0.5) is 0 Å². The summed E-state index contributed by atoms with van der Waals surface area (Å²) in [5, 5.41) is 5.85. The molecule has 2 rings (SSSR count). The van der Waals surface area contributed by atoms with Gasteiger partial charge in [0.2, 0.25) is 5.91 Å². The second-order valence-corrected chi connectivity index (χ2v) is 8.46. The fourth-order valence-electron chi connectivity index (χ4n) is 3.46. The Morgan fingerprint density at radius 3 is 2.64 bits per heavy atom. The first-order valence-corrected chi connectivity index (χ1v) is 10.3. The third kappa shape index (κ3) is 6.91. The van der Waals surface area contributed by atoms with Gasteiger partial charge in [-0.25, -0.2) is 0 Å². The molecule has 2 atom stereocenters. The Balaban J connectivity index is 1.89. The normalized spacial score (nSPS) is 18.9. The monoisotopic (exact) mass is 389 g/mol. The molecule has 2 N–H and O–H groups in total. The van der Waals surface area contributed by atoms with E-state index in [2.05, 4.69) is 29.4 Å². The third-order valence-corrected chi connectivity index (χ3v) is 4.87. The van der Waals surface area contributed by atoms with Crippen LogP contribution in [-0.2, 0) is 9.53 Å². The Hall–Kier alpha value is -1.92. The topological polar surface area (TPSA) is 70.7 Å². The van der Waals surface area contributed by atoms with Gasteiger partial charge in [0.15, 0.2) is 0 Å². The summed E-state index contributed by atoms with van der Waals surface area (Å²) in [6, 6.07) is 6.79. The molecule has 1 heterocycles. The number of aryl methyl sites for hydroxylation is 1. The largest absolute Gasteiger partial charge is 0.374 e. The fourth-order valence-corrected chi connectivity index (χ4v) is 3.46. The van der Waals surface area contributed by atoms with E-state index < -0.39 is 6.04 Å². The molecule has 0 bridgehead atoms. The maximum Gasteiger partial charge on any atom is 0.251 e. The van der Waals surface area contributed by atoms with Crippen LogP contribution in [0.2, 0.25) is 0 Å². The lowest BCUT2D eigenvalue weighted by Gasteiger charge is -2.34. The molecule has 1 fully saturated rings. The summed E-state index contributed by atoms with van der Waals surface area (Å²) in [5.74, 6) is 0.198. The van der Waals surface area contributed by atoms with Crippen molar-refractivity contribution in [3.8, 4) is 0 Å². The van der Waals surface area contributed by atoms with E-state index in [1.54, 1.807) is 6.07 Å². The van der Waals surface area contributed by atoms with E-state index in [4.69, 9.17) is 4.74 Å². The van der Waals surface area contributed by atoms with Gasteiger partial charge in [0, 0.05) is 31.7 Å². The number of ether oxygens (including phenoxy) is 1. The second-order valence-electron chi connectivity index (χ2n) is 8.46. The molecule has 6 nitrogen and oxygen atoms in total. The predicted octanol–water partition coefficient (Wildman–Crippen LogP) is 2.22. The summed E-state index contributed by atoms with van der Waals surface area (Å²) in [6.07, 6.45) is -0.0169. The van der Waals surface area contributed by atoms with Crippen LogP contribution in [0.3, 0.4) is 0 Å². The molecule has 1 aliphatic heterocycles. The molecule has 0 aliphatic carbocycles. The summed E-state index contributed by atoms with van der Waals surface area (Å²) < 4.78 is 5.80. The highest BCUT2D eigenvalue weighted by Gasteiger charge is 2.27. The van der Waals surface area contributed by atoms with Crippen LogP contribution in [0, 0.1) is 18.8 Å². The first-order chi connectivity index (χ1) is 13.3. The van der Waals surface area contributed by atoms with Crippen molar-refractivity contribution in [2.45, 2.75) is 46.8 Å². The van der Waals surface area contributed by atoms with Gasteiger partial charge < -0.3 is 15.4 Å². The highest BCUT2D eigenvalue weighted by Crippen LogP contribution is 2.09. The quantitative estimate of drug-likeness (QED) is 0.715. The maximum absolute atomic E-state index is 12.7. The van der Waals surface area contributed by atoms with Crippen molar-refractivity contribution in [1.82, 2.24) is 15.5 Å². The molecule has 28 heavy (non-hydrogen) atoms. The summed E-state index contributed by atoms with van der Waals surface area (Å²) >= 11 is 0. The Labute approximate surface area is 169 Å². The van der Waals surface area contributed by atoms with Gasteiger partial charge in [0.05, 0.1) is 12.7 Å². The van der Waals surface area contributed by atoms with Crippen molar-refractivity contribution in [2.75, 3.05) is 32.8 Å². The highest BCUT2D eigenvalue weighted by molar-refractivity contribution is 5.97. The molecular weight excluding hydrogens is 354 g/mol. The number of amides is 2. The lowest BCUT2D eigenvalue weighted by atomic mass is 10.0. The highest BCUT2D eigenvalue weighted by atomic mass is 16.5. The molecule has 0 aromatic heterocycles. The first kappa shape index (κ1) is 22.4. The van der Waals surface area contributed by atoms with Crippen molar-refractivity contribution in [3.63, 3.8) is 0 Å². The van der Waals surface area contributed by atoms with E-state index in [0.717, 1.165) is 25.2 Å². The predicted molar refractivity (Wildman–Crippen MR) is 111 cm³/mol. The molecule has 1 aromatic carbocycles. The van der Waals surface area contributed by atoms with Gasteiger partial charge in [-0.1, -0.05) is 45.4 Å². The van der Waals surface area contributed by atoms with Gasteiger partial charge in [-0.3, -0.25) is 14.5 Å². The number of nitrogens with zero attached hydrogens (tertiary/aromatic N) is 1. The molecule has 0 spiro atoms. The van der Waals surface area contributed by atoms with E-state index >= 15 is 0 Å². The van der Waals surface area contributed by atoms with Gasteiger partial charge in [-0.2, -0.15) is 0 Å². The van der Waals surface area contributed by atoms with Gasteiger partial charge in [0.25, 0.3) is 5.91 Å². The van der Waals surface area contributed by atoms with E-state index in [-0.39, 0.29) is 23.8 Å². The van der Waals surface area contributed by atoms with E-state index in [0.29, 0.717) is 24.6 Å². The van der Waals surface area contributed by atoms with Crippen LogP contribution in [0.25, 0.3) is 0 Å². The molecule has 1 aliphatic rings. The van der Waals surface area contributed by atoms with Crippen LogP contribution in [0.1, 0.15) is 43.6 Å². The number of hydrogen-bond acceptors (Lipinski definition) is 4. The molecule has 1 aromatic rings. The summed E-state index contributed by atoms with van der Waals surface area (Å²) in [7, 11) is 0. The van der Waals surface area contributed by atoms with Gasteiger partial charge in [-0.15, -0.1) is 0 Å². The number of carbonyl (C=O) groups excluding carboxylic acids is 2.